The molecule has 4 aliphatic carbocycles. The number of nitrogens with one attached hydrogen (secondary N) is 1. The lowest BCUT2D eigenvalue weighted by Gasteiger charge is -2.59. The molecule has 1 heterocycles. The third kappa shape index (κ3) is 1.89. The van der Waals surface area contributed by atoms with Crippen molar-refractivity contribution in [3.8, 4) is 0 Å². The number of nitrogens with zero attached hydrogens (tertiary/aromatic N) is 2. The predicted octanol–water partition coefficient (Wildman–Crippen LogP) is 3.75. The number of aryl methyl sites for hydroxylation is 2. The molecular weight excluding hydrogens is 246 g/mol. The average molecular weight is 273 g/mol. The lowest BCUT2D eigenvalue weighted by molar-refractivity contribution is -0.0603. The molecule has 4 bridgehead atoms. The van der Waals surface area contributed by atoms with Crippen molar-refractivity contribution in [2.75, 3.05) is 5.32 Å². The lowest BCUT2D eigenvalue weighted by atomic mass is 9.48. The predicted molar refractivity (Wildman–Crippen MR) is 81.6 cm³/mol. The number of imidazole rings is 1. The minimum atomic E-state index is 0.550. The van der Waals surface area contributed by atoms with Crippen molar-refractivity contribution in [2.45, 2.75) is 58.4 Å². The van der Waals surface area contributed by atoms with Crippen molar-refractivity contribution >= 4 is 5.95 Å². The van der Waals surface area contributed by atoms with Gasteiger partial charge in [-0.2, -0.15) is 0 Å². The summed E-state index contributed by atoms with van der Waals surface area (Å²) in [5, 5.41) is 3.74. The zero-order valence-electron chi connectivity index (χ0n) is 13.0. The maximum Gasteiger partial charge on any atom is 0.203 e. The molecule has 0 spiro atoms. The SMILES string of the molecule is Cc1cn(C)c(NC(C)C23CC4CC(CC(C4)C2)C3)n1. The van der Waals surface area contributed by atoms with Crippen molar-refractivity contribution in [2.24, 2.45) is 30.2 Å². The molecule has 3 heteroatoms. The second-order valence-electron chi connectivity index (χ2n) is 7.96. The van der Waals surface area contributed by atoms with E-state index in [1.54, 1.807) is 0 Å². The molecule has 1 unspecified atom stereocenters. The van der Waals surface area contributed by atoms with Crippen molar-refractivity contribution in [3.05, 3.63) is 11.9 Å². The first kappa shape index (κ1) is 12.7. The van der Waals surface area contributed by atoms with Crippen molar-refractivity contribution in [3.63, 3.8) is 0 Å². The van der Waals surface area contributed by atoms with Gasteiger partial charge in [0.15, 0.2) is 0 Å². The number of hydrogen-bond acceptors (Lipinski definition) is 2. The number of anilines is 1. The molecular formula is C17H27N3. The monoisotopic (exact) mass is 273 g/mol. The summed E-state index contributed by atoms with van der Waals surface area (Å²) in [6.07, 6.45) is 11.0. The summed E-state index contributed by atoms with van der Waals surface area (Å²) in [7, 11) is 2.09. The van der Waals surface area contributed by atoms with Gasteiger partial charge in [-0.25, -0.2) is 4.98 Å². The molecule has 0 aliphatic heterocycles. The average Bonchev–Trinajstić information content (AvgIpc) is 2.66. The number of hydrogen-bond donors (Lipinski definition) is 1. The highest BCUT2D eigenvalue weighted by Gasteiger charge is 2.53. The van der Waals surface area contributed by atoms with Crippen molar-refractivity contribution in [1.82, 2.24) is 9.55 Å². The summed E-state index contributed by atoms with van der Waals surface area (Å²) in [5.74, 6) is 4.11. The summed E-state index contributed by atoms with van der Waals surface area (Å²) >= 11 is 0. The van der Waals surface area contributed by atoms with Crippen LogP contribution in [-0.4, -0.2) is 15.6 Å². The Morgan fingerprint density at radius 2 is 1.75 bits per heavy atom. The van der Waals surface area contributed by atoms with E-state index >= 15 is 0 Å². The maximum atomic E-state index is 4.63. The highest BCUT2D eigenvalue weighted by Crippen LogP contribution is 2.61. The van der Waals surface area contributed by atoms with E-state index in [0.717, 1.165) is 29.4 Å². The first-order valence-electron chi connectivity index (χ1n) is 8.30. The van der Waals surface area contributed by atoms with Crippen LogP contribution in [0.4, 0.5) is 5.95 Å². The Morgan fingerprint density at radius 1 is 1.20 bits per heavy atom. The van der Waals surface area contributed by atoms with E-state index in [1.165, 1.54) is 38.5 Å². The molecule has 110 valence electrons. The standard InChI is InChI=1S/C17H27N3/c1-11-10-20(3)16(18-11)19-12(2)17-7-13-4-14(8-17)6-15(5-13)9-17/h10,12-15H,4-9H2,1-3H3,(H,18,19). The topological polar surface area (TPSA) is 29.9 Å². The summed E-state index contributed by atoms with van der Waals surface area (Å²) in [6.45, 7) is 4.47. The first-order chi connectivity index (χ1) is 9.54. The molecule has 4 aliphatic rings. The Balaban J connectivity index is 1.56. The van der Waals surface area contributed by atoms with Crippen LogP contribution in [0.1, 0.15) is 51.1 Å². The van der Waals surface area contributed by atoms with Gasteiger partial charge in [0.1, 0.15) is 0 Å². The molecule has 4 saturated carbocycles. The Kier molecular flexibility index (Phi) is 2.71. The van der Waals surface area contributed by atoms with Crippen LogP contribution in [-0.2, 0) is 7.05 Å². The quantitative estimate of drug-likeness (QED) is 0.909. The summed E-state index contributed by atoms with van der Waals surface area (Å²) in [6, 6.07) is 0.552. The number of aromatic nitrogens is 2. The Labute approximate surface area is 122 Å². The Morgan fingerprint density at radius 3 is 2.20 bits per heavy atom. The van der Waals surface area contributed by atoms with E-state index in [-0.39, 0.29) is 0 Å². The summed E-state index contributed by atoms with van der Waals surface area (Å²) in [4.78, 5) is 4.63. The summed E-state index contributed by atoms with van der Waals surface area (Å²) < 4.78 is 2.13. The van der Waals surface area contributed by atoms with Crippen LogP contribution >= 0.6 is 0 Å². The fourth-order valence-corrected chi connectivity index (χ4v) is 5.80. The van der Waals surface area contributed by atoms with E-state index < -0.39 is 0 Å². The minimum absolute atomic E-state index is 0.550. The molecule has 0 radical (unpaired) electrons. The molecule has 1 aromatic heterocycles. The Hall–Kier alpha value is -0.990. The van der Waals surface area contributed by atoms with E-state index in [0.29, 0.717) is 11.5 Å². The fraction of sp³-hybridized carbons (Fsp3) is 0.824. The van der Waals surface area contributed by atoms with Crippen LogP contribution in [0.2, 0.25) is 0 Å². The fourth-order valence-electron chi connectivity index (χ4n) is 5.80. The first-order valence-corrected chi connectivity index (χ1v) is 8.30. The summed E-state index contributed by atoms with van der Waals surface area (Å²) in [5.41, 5.74) is 1.65. The molecule has 20 heavy (non-hydrogen) atoms. The van der Waals surface area contributed by atoms with Crippen LogP contribution in [0, 0.1) is 30.1 Å². The van der Waals surface area contributed by atoms with E-state index in [2.05, 4.69) is 42.0 Å². The molecule has 1 N–H and O–H groups in total. The van der Waals surface area contributed by atoms with Gasteiger partial charge in [-0.05, 0) is 75.5 Å². The largest absolute Gasteiger partial charge is 0.353 e. The highest BCUT2D eigenvalue weighted by molar-refractivity contribution is 5.31. The third-order valence-corrected chi connectivity index (χ3v) is 6.35. The van der Waals surface area contributed by atoms with Crippen LogP contribution in [0.15, 0.2) is 6.20 Å². The van der Waals surface area contributed by atoms with Crippen LogP contribution in [0.5, 0.6) is 0 Å². The zero-order valence-corrected chi connectivity index (χ0v) is 13.0. The molecule has 1 aromatic rings. The second kappa shape index (κ2) is 4.25. The van der Waals surface area contributed by atoms with Gasteiger partial charge in [0.05, 0.1) is 5.69 Å². The van der Waals surface area contributed by atoms with Crippen LogP contribution < -0.4 is 5.32 Å². The van der Waals surface area contributed by atoms with Gasteiger partial charge in [0.25, 0.3) is 0 Å². The molecule has 0 saturated heterocycles. The molecule has 3 nitrogen and oxygen atoms in total. The van der Waals surface area contributed by atoms with Gasteiger partial charge in [-0.1, -0.05) is 0 Å². The zero-order chi connectivity index (χ0) is 13.9. The molecule has 0 amide bonds. The van der Waals surface area contributed by atoms with Gasteiger partial charge in [-0.3, -0.25) is 0 Å². The third-order valence-electron chi connectivity index (χ3n) is 6.35. The van der Waals surface area contributed by atoms with Gasteiger partial charge >= 0.3 is 0 Å². The van der Waals surface area contributed by atoms with E-state index in [9.17, 15) is 0 Å². The van der Waals surface area contributed by atoms with E-state index in [1.807, 2.05) is 0 Å². The van der Waals surface area contributed by atoms with Crippen LogP contribution in [0.3, 0.4) is 0 Å². The lowest BCUT2D eigenvalue weighted by Crippen LogP contribution is -2.53. The van der Waals surface area contributed by atoms with Gasteiger partial charge in [0, 0.05) is 19.3 Å². The van der Waals surface area contributed by atoms with Crippen molar-refractivity contribution in [1.29, 1.82) is 0 Å². The number of rotatable bonds is 3. The minimum Gasteiger partial charge on any atom is -0.353 e. The maximum absolute atomic E-state index is 4.63. The van der Waals surface area contributed by atoms with Crippen LogP contribution in [0.25, 0.3) is 0 Å². The van der Waals surface area contributed by atoms with Gasteiger partial charge in [-0.15, -0.1) is 0 Å². The smallest absolute Gasteiger partial charge is 0.203 e. The van der Waals surface area contributed by atoms with Crippen molar-refractivity contribution < 1.29 is 0 Å². The molecule has 5 rings (SSSR count). The van der Waals surface area contributed by atoms with Gasteiger partial charge in [0.2, 0.25) is 5.95 Å². The normalized spacial score (nSPS) is 40.0. The van der Waals surface area contributed by atoms with Gasteiger partial charge < -0.3 is 9.88 Å². The second-order valence-corrected chi connectivity index (χ2v) is 7.96. The molecule has 1 atom stereocenters. The van der Waals surface area contributed by atoms with E-state index in [4.69, 9.17) is 0 Å². The molecule has 0 aromatic carbocycles. The Bertz CT molecular complexity index is 481. The highest BCUT2D eigenvalue weighted by atomic mass is 15.2. The molecule has 4 fully saturated rings.